The first kappa shape index (κ1) is 20.6. The molecule has 1 aromatic heterocycles. The molecule has 3 rings (SSSR count). The fourth-order valence-corrected chi connectivity index (χ4v) is 3.11. The number of nitrogens with zero attached hydrogens (tertiary/aromatic N) is 3. The highest BCUT2D eigenvalue weighted by Gasteiger charge is 2.34. The smallest absolute Gasteiger partial charge is 0.351 e. The Balaban J connectivity index is 1.61. The molecule has 2 aromatic rings. The molecule has 0 unspecified atom stereocenters. The molecule has 0 saturated carbocycles. The number of hydrogen-bond acceptors (Lipinski definition) is 8. The standard InChI is InChI=1S/C18H20N4O7/c23-10-14-13(24)9-17(29-14)21-8-7-15(20-18(21)26)19-16(25)6-5-11-3-1-2-4-12(11)22(27)28/h1-4,7-8,13-14,17,23-24H,5-6,9-10H2,(H,19,20,25,26)/t13-,14+,17+/m0/s1. The van der Waals surface area contributed by atoms with Crippen molar-refractivity contribution >= 4 is 17.4 Å². The van der Waals surface area contributed by atoms with E-state index in [1.165, 1.54) is 22.9 Å². The normalized spacial score (nSPS) is 21.1. The number of ether oxygens (including phenoxy) is 1. The van der Waals surface area contributed by atoms with Crippen molar-refractivity contribution in [1.29, 1.82) is 0 Å². The zero-order valence-electron chi connectivity index (χ0n) is 15.3. The van der Waals surface area contributed by atoms with Crippen LogP contribution in [0.1, 0.15) is 24.6 Å². The molecule has 1 aliphatic heterocycles. The molecule has 1 saturated heterocycles. The monoisotopic (exact) mass is 404 g/mol. The number of nitro groups is 1. The van der Waals surface area contributed by atoms with Gasteiger partial charge in [0.1, 0.15) is 18.1 Å². The van der Waals surface area contributed by atoms with Crippen LogP contribution in [-0.2, 0) is 16.0 Å². The van der Waals surface area contributed by atoms with Crippen LogP contribution in [0.4, 0.5) is 11.5 Å². The molecule has 3 atom stereocenters. The first-order valence-electron chi connectivity index (χ1n) is 8.94. The number of anilines is 1. The van der Waals surface area contributed by atoms with Gasteiger partial charge in [0.05, 0.1) is 17.6 Å². The minimum atomic E-state index is -0.890. The van der Waals surface area contributed by atoms with Gasteiger partial charge in [-0.1, -0.05) is 18.2 Å². The summed E-state index contributed by atoms with van der Waals surface area (Å²) in [5.41, 5.74) is -0.301. The van der Waals surface area contributed by atoms with Gasteiger partial charge in [-0.25, -0.2) is 4.79 Å². The Kier molecular flexibility index (Phi) is 6.32. The molecular weight excluding hydrogens is 384 g/mol. The molecule has 1 amide bonds. The maximum atomic E-state index is 12.2. The molecule has 0 spiro atoms. The van der Waals surface area contributed by atoms with Crippen LogP contribution >= 0.6 is 0 Å². The lowest BCUT2D eigenvalue weighted by Gasteiger charge is -2.14. The zero-order chi connectivity index (χ0) is 21.0. The number of aliphatic hydroxyl groups is 2. The molecule has 2 heterocycles. The number of carbonyl (C=O) groups is 1. The number of aromatic nitrogens is 2. The highest BCUT2D eigenvalue weighted by atomic mass is 16.6. The Bertz CT molecular complexity index is 961. The molecule has 3 N–H and O–H groups in total. The summed E-state index contributed by atoms with van der Waals surface area (Å²) in [4.78, 5) is 38.6. The quantitative estimate of drug-likeness (QED) is 0.441. The van der Waals surface area contributed by atoms with Crippen LogP contribution in [0.2, 0.25) is 0 Å². The second-order valence-corrected chi connectivity index (χ2v) is 6.55. The van der Waals surface area contributed by atoms with Gasteiger partial charge in [-0.3, -0.25) is 19.5 Å². The van der Waals surface area contributed by atoms with Gasteiger partial charge >= 0.3 is 5.69 Å². The molecule has 29 heavy (non-hydrogen) atoms. The van der Waals surface area contributed by atoms with Crippen LogP contribution in [0.3, 0.4) is 0 Å². The Morgan fingerprint density at radius 3 is 2.79 bits per heavy atom. The fourth-order valence-electron chi connectivity index (χ4n) is 3.11. The summed E-state index contributed by atoms with van der Waals surface area (Å²) in [6.07, 6.45) is -0.766. The lowest BCUT2D eigenvalue weighted by Crippen LogP contribution is -2.28. The Morgan fingerprint density at radius 1 is 1.38 bits per heavy atom. The number of benzene rings is 1. The molecule has 1 aliphatic rings. The van der Waals surface area contributed by atoms with E-state index in [1.54, 1.807) is 18.2 Å². The largest absolute Gasteiger partial charge is 0.394 e. The molecule has 0 radical (unpaired) electrons. The lowest BCUT2D eigenvalue weighted by molar-refractivity contribution is -0.385. The van der Waals surface area contributed by atoms with Gasteiger partial charge in [0.2, 0.25) is 5.91 Å². The lowest BCUT2D eigenvalue weighted by atomic mass is 10.1. The molecule has 0 aliphatic carbocycles. The Morgan fingerprint density at radius 2 is 2.14 bits per heavy atom. The number of rotatable bonds is 7. The van der Waals surface area contributed by atoms with Crippen molar-refractivity contribution in [3.8, 4) is 0 Å². The van der Waals surface area contributed by atoms with E-state index >= 15 is 0 Å². The first-order valence-corrected chi connectivity index (χ1v) is 8.94. The van der Waals surface area contributed by atoms with Gasteiger partial charge < -0.3 is 20.3 Å². The van der Waals surface area contributed by atoms with E-state index in [4.69, 9.17) is 9.84 Å². The first-order chi connectivity index (χ1) is 13.9. The van der Waals surface area contributed by atoms with Crippen molar-refractivity contribution in [2.75, 3.05) is 11.9 Å². The molecule has 11 heteroatoms. The minimum Gasteiger partial charge on any atom is -0.394 e. The summed E-state index contributed by atoms with van der Waals surface area (Å²) in [5.74, 6) is -0.406. The van der Waals surface area contributed by atoms with Crippen LogP contribution < -0.4 is 11.0 Å². The van der Waals surface area contributed by atoms with E-state index in [1.807, 2.05) is 0 Å². The van der Waals surface area contributed by atoms with Crippen LogP contribution in [0, 0.1) is 10.1 Å². The van der Waals surface area contributed by atoms with E-state index in [2.05, 4.69) is 10.3 Å². The van der Waals surface area contributed by atoms with Gasteiger partial charge in [-0.2, -0.15) is 4.98 Å². The summed E-state index contributed by atoms with van der Waals surface area (Å²) in [6, 6.07) is 7.58. The molecule has 11 nitrogen and oxygen atoms in total. The maximum Gasteiger partial charge on any atom is 0.351 e. The van der Waals surface area contributed by atoms with Crippen LogP contribution in [0.15, 0.2) is 41.3 Å². The van der Waals surface area contributed by atoms with Crippen molar-refractivity contribution in [2.24, 2.45) is 0 Å². The van der Waals surface area contributed by atoms with E-state index in [0.717, 1.165) is 0 Å². The number of amides is 1. The van der Waals surface area contributed by atoms with Crippen molar-refractivity contribution in [2.45, 2.75) is 37.7 Å². The van der Waals surface area contributed by atoms with E-state index < -0.39 is 35.0 Å². The topological polar surface area (TPSA) is 157 Å². The van der Waals surface area contributed by atoms with E-state index in [-0.39, 0.29) is 37.4 Å². The third kappa shape index (κ3) is 4.83. The average molecular weight is 404 g/mol. The highest BCUT2D eigenvalue weighted by molar-refractivity contribution is 5.89. The maximum absolute atomic E-state index is 12.2. The number of nitro benzene ring substituents is 1. The molecular formula is C18H20N4O7. The molecule has 1 fully saturated rings. The van der Waals surface area contributed by atoms with Crippen molar-refractivity contribution < 1.29 is 24.7 Å². The molecule has 154 valence electrons. The fraction of sp³-hybridized carbons (Fsp3) is 0.389. The Hall–Kier alpha value is -3.15. The molecule has 1 aromatic carbocycles. The summed E-state index contributed by atoms with van der Waals surface area (Å²) in [5, 5.41) is 32.4. The Labute approximate surface area is 164 Å². The van der Waals surface area contributed by atoms with Gasteiger partial charge in [0.15, 0.2) is 0 Å². The minimum absolute atomic E-state index is 0.0221. The highest BCUT2D eigenvalue weighted by Crippen LogP contribution is 2.27. The van der Waals surface area contributed by atoms with Crippen LogP contribution in [0.25, 0.3) is 0 Å². The van der Waals surface area contributed by atoms with Crippen LogP contribution in [0.5, 0.6) is 0 Å². The molecule has 0 bridgehead atoms. The van der Waals surface area contributed by atoms with Crippen molar-refractivity contribution in [3.05, 3.63) is 62.7 Å². The number of aliphatic hydroxyl groups excluding tert-OH is 2. The zero-order valence-corrected chi connectivity index (χ0v) is 15.3. The number of nitrogens with one attached hydrogen (secondary N) is 1. The summed E-state index contributed by atoms with van der Waals surface area (Å²) in [7, 11) is 0. The van der Waals surface area contributed by atoms with Crippen LogP contribution in [-0.4, -0.2) is 49.4 Å². The predicted molar refractivity (Wildman–Crippen MR) is 100 cm³/mol. The van der Waals surface area contributed by atoms with Gasteiger partial charge in [0.25, 0.3) is 5.69 Å². The van der Waals surface area contributed by atoms with E-state index in [9.17, 15) is 24.8 Å². The second kappa shape index (κ2) is 8.90. The average Bonchev–Trinajstić information content (AvgIpc) is 3.07. The predicted octanol–water partition coefficient (Wildman–Crippen LogP) is 0.363. The SMILES string of the molecule is O=C(CCc1ccccc1[N+](=O)[O-])Nc1ccn([C@H]2C[C@H](O)[C@@H](CO)O2)c(=O)n1. The number of carbonyl (C=O) groups excluding carboxylic acids is 1. The third-order valence-corrected chi connectivity index (χ3v) is 4.60. The summed E-state index contributed by atoms with van der Waals surface area (Å²) >= 11 is 0. The van der Waals surface area contributed by atoms with Gasteiger partial charge in [-0.05, 0) is 12.5 Å². The van der Waals surface area contributed by atoms with Crippen molar-refractivity contribution in [3.63, 3.8) is 0 Å². The number of hydrogen-bond donors (Lipinski definition) is 3. The van der Waals surface area contributed by atoms with Gasteiger partial charge in [-0.15, -0.1) is 0 Å². The second-order valence-electron chi connectivity index (χ2n) is 6.55. The summed E-state index contributed by atoms with van der Waals surface area (Å²) < 4.78 is 6.58. The number of aryl methyl sites for hydroxylation is 1. The van der Waals surface area contributed by atoms with Gasteiger partial charge in [0, 0.05) is 30.7 Å². The van der Waals surface area contributed by atoms with Crippen molar-refractivity contribution in [1.82, 2.24) is 9.55 Å². The summed E-state index contributed by atoms with van der Waals surface area (Å²) in [6.45, 7) is -0.367. The number of para-hydroxylation sites is 1. The third-order valence-electron chi connectivity index (χ3n) is 4.60. The van der Waals surface area contributed by atoms with E-state index in [0.29, 0.717) is 5.56 Å².